The van der Waals surface area contributed by atoms with Crippen LogP contribution in [-0.2, 0) is 14.4 Å². The number of amides is 3. The highest BCUT2D eigenvalue weighted by Crippen LogP contribution is 2.68. The number of nitrogens with one attached hydrogen (secondary N) is 2. The number of hydrogen-bond acceptors (Lipinski definition) is 5. The molecule has 8 heteroatoms. The van der Waals surface area contributed by atoms with Crippen molar-refractivity contribution in [1.29, 1.82) is 0 Å². The van der Waals surface area contributed by atoms with Crippen LogP contribution in [0.4, 0.5) is 5.69 Å². The Morgan fingerprint density at radius 3 is 2.69 bits per heavy atom. The van der Waals surface area contributed by atoms with E-state index >= 15 is 0 Å². The number of rotatable bonds is 10. The first-order valence-corrected chi connectivity index (χ1v) is 13.9. The quantitative estimate of drug-likeness (QED) is 0.428. The summed E-state index contributed by atoms with van der Waals surface area (Å²) < 4.78 is -0.602. The van der Waals surface area contributed by atoms with Gasteiger partial charge < -0.3 is 20.6 Å². The SMILES string of the molecule is CCCNC(=O)[C@@H]1[C@H]2C(=O)N(CCCCCO)C(C(=O)Nc3cc(C)ccc3C)C23S[C@@H]1CC3C. The lowest BCUT2D eigenvalue weighted by molar-refractivity contribution is -0.139. The standard InChI is InChI=1S/C27H39N3O4S/c1-5-11-28-24(32)21-20-15-18(4)27(35-20)22(21)26(34)30(12-7-6-8-13-31)23(27)25(33)29-19-14-16(2)9-10-17(19)3/h9-10,14,18,20-23,31H,5-8,11-13,15H2,1-4H3,(H,28,32)(H,29,33)/t18?,20-,21+,22+,23?,27?/m1/s1. The first kappa shape index (κ1) is 26.0. The van der Waals surface area contributed by atoms with Gasteiger partial charge in [0.15, 0.2) is 0 Å². The number of fused-ring (bicyclic) bond motifs is 1. The third-order valence-electron chi connectivity index (χ3n) is 8.05. The lowest BCUT2D eigenvalue weighted by Crippen LogP contribution is -2.55. The molecular weight excluding hydrogens is 462 g/mol. The highest BCUT2D eigenvalue weighted by atomic mass is 32.2. The molecule has 0 aromatic heterocycles. The molecule has 3 aliphatic rings. The molecule has 1 aromatic rings. The highest BCUT2D eigenvalue weighted by Gasteiger charge is 2.75. The number of anilines is 1. The molecule has 0 radical (unpaired) electrons. The van der Waals surface area contributed by atoms with Gasteiger partial charge in [0.25, 0.3) is 0 Å². The van der Waals surface area contributed by atoms with Crippen LogP contribution in [0.15, 0.2) is 18.2 Å². The Kier molecular flexibility index (Phi) is 7.81. The van der Waals surface area contributed by atoms with Crippen LogP contribution >= 0.6 is 11.8 Å². The maximum atomic E-state index is 14.0. The molecule has 3 amide bonds. The average molecular weight is 502 g/mol. The molecule has 7 nitrogen and oxygen atoms in total. The van der Waals surface area contributed by atoms with E-state index in [1.807, 2.05) is 39.0 Å². The lowest BCUT2D eigenvalue weighted by Gasteiger charge is -2.38. The first-order chi connectivity index (χ1) is 16.8. The summed E-state index contributed by atoms with van der Waals surface area (Å²) in [5.41, 5.74) is 2.80. The van der Waals surface area contributed by atoms with E-state index in [0.29, 0.717) is 19.5 Å². The number of benzene rings is 1. The number of thioether (sulfide) groups is 1. The fourth-order valence-corrected chi connectivity index (χ4v) is 8.79. The molecule has 1 spiro atoms. The van der Waals surface area contributed by atoms with Crippen molar-refractivity contribution in [3.63, 3.8) is 0 Å². The van der Waals surface area contributed by atoms with E-state index in [9.17, 15) is 19.5 Å². The van der Waals surface area contributed by atoms with Gasteiger partial charge in [-0.15, -0.1) is 11.8 Å². The van der Waals surface area contributed by atoms with Crippen LogP contribution < -0.4 is 10.6 Å². The predicted octanol–water partition coefficient (Wildman–Crippen LogP) is 3.27. The maximum Gasteiger partial charge on any atom is 0.248 e. The monoisotopic (exact) mass is 501 g/mol. The van der Waals surface area contributed by atoms with Crippen molar-refractivity contribution in [2.75, 3.05) is 25.0 Å². The zero-order chi connectivity index (χ0) is 25.3. The van der Waals surface area contributed by atoms with Gasteiger partial charge in [-0.05, 0) is 69.1 Å². The van der Waals surface area contributed by atoms with E-state index in [2.05, 4.69) is 17.6 Å². The highest BCUT2D eigenvalue weighted by molar-refractivity contribution is 8.02. The molecule has 3 fully saturated rings. The maximum absolute atomic E-state index is 14.0. The summed E-state index contributed by atoms with van der Waals surface area (Å²) in [4.78, 5) is 42.9. The van der Waals surface area contributed by atoms with E-state index in [-0.39, 0.29) is 35.5 Å². The van der Waals surface area contributed by atoms with Gasteiger partial charge in [-0.1, -0.05) is 26.0 Å². The molecule has 3 aliphatic heterocycles. The van der Waals surface area contributed by atoms with Crippen molar-refractivity contribution < 1.29 is 19.5 Å². The Morgan fingerprint density at radius 1 is 1.20 bits per heavy atom. The van der Waals surface area contributed by atoms with E-state index in [4.69, 9.17) is 0 Å². The molecule has 3 heterocycles. The fourth-order valence-electron chi connectivity index (χ4n) is 6.37. The summed E-state index contributed by atoms with van der Waals surface area (Å²) in [7, 11) is 0. The van der Waals surface area contributed by atoms with Gasteiger partial charge in [0, 0.05) is 30.6 Å². The van der Waals surface area contributed by atoms with Crippen LogP contribution in [0.2, 0.25) is 0 Å². The van der Waals surface area contributed by atoms with Crippen LogP contribution in [0, 0.1) is 31.6 Å². The summed E-state index contributed by atoms with van der Waals surface area (Å²) in [6.07, 6.45) is 3.86. The second-order valence-corrected chi connectivity index (χ2v) is 12.0. The van der Waals surface area contributed by atoms with Gasteiger partial charge in [-0.25, -0.2) is 0 Å². The summed E-state index contributed by atoms with van der Waals surface area (Å²) in [6, 6.07) is 5.35. The predicted molar refractivity (Wildman–Crippen MR) is 139 cm³/mol. The number of carbonyl (C=O) groups is 3. The molecule has 4 rings (SSSR count). The molecule has 1 aromatic carbocycles. The van der Waals surface area contributed by atoms with E-state index < -0.39 is 22.6 Å². The Balaban J connectivity index is 1.68. The van der Waals surface area contributed by atoms with Crippen LogP contribution in [0.25, 0.3) is 0 Å². The smallest absolute Gasteiger partial charge is 0.248 e. The zero-order valence-electron chi connectivity index (χ0n) is 21.3. The number of carbonyl (C=O) groups excluding carboxylic acids is 3. The van der Waals surface area contributed by atoms with Crippen LogP contribution in [-0.4, -0.2) is 63.5 Å². The van der Waals surface area contributed by atoms with Crippen LogP contribution in [0.5, 0.6) is 0 Å². The molecule has 0 saturated carbocycles. The van der Waals surface area contributed by atoms with E-state index in [1.165, 1.54) is 0 Å². The summed E-state index contributed by atoms with van der Waals surface area (Å²) in [5.74, 6) is -0.996. The molecule has 3 unspecified atom stereocenters. The van der Waals surface area contributed by atoms with Gasteiger partial charge in [0.05, 0.1) is 16.6 Å². The molecule has 6 atom stereocenters. The normalized spacial score (nSPS) is 31.1. The number of hydrogen-bond donors (Lipinski definition) is 3. The zero-order valence-corrected chi connectivity index (χ0v) is 22.1. The minimum absolute atomic E-state index is 0.0488. The largest absolute Gasteiger partial charge is 0.396 e. The van der Waals surface area contributed by atoms with Crippen LogP contribution in [0.1, 0.15) is 57.1 Å². The Bertz CT molecular complexity index is 985. The van der Waals surface area contributed by atoms with Crippen molar-refractivity contribution in [2.24, 2.45) is 17.8 Å². The van der Waals surface area contributed by atoms with Crippen molar-refractivity contribution >= 4 is 35.2 Å². The second kappa shape index (κ2) is 10.5. The molecule has 35 heavy (non-hydrogen) atoms. The third-order valence-corrected chi connectivity index (χ3v) is 10.1. The Labute approximate surface area is 212 Å². The summed E-state index contributed by atoms with van der Waals surface area (Å²) in [6.45, 7) is 9.29. The van der Waals surface area contributed by atoms with Gasteiger partial charge >= 0.3 is 0 Å². The van der Waals surface area contributed by atoms with Gasteiger partial charge in [-0.3, -0.25) is 14.4 Å². The molecule has 3 saturated heterocycles. The minimum Gasteiger partial charge on any atom is -0.396 e. The lowest BCUT2D eigenvalue weighted by atomic mass is 9.66. The average Bonchev–Trinajstić information content (AvgIpc) is 3.41. The summed E-state index contributed by atoms with van der Waals surface area (Å²) >= 11 is 1.71. The third kappa shape index (κ3) is 4.48. The van der Waals surface area contributed by atoms with E-state index in [1.54, 1.807) is 16.7 Å². The van der Waals surface area contributed by atoms with Crippen molar-refractivity contribution in [1.82, 2.24) is 10.2 Å². The minimum atomic E-state index is -0.622. The fraction of sp³-hybridized carbons (Fsp3) is 0.667. The molecular formula is C27H39N3O4S. The number of aryl methyl sites for hydroxylation is 2. The first-order valence-electron chi connectivity index (χ1n) is 13.0. The summed E-state index contributed by atoms with van der Waals surface area (Å²) in [5, 5.41) is 15.4. The van der Waals surface area contributed by atoms with Crippen molar-refractivity contribution in [2.45, 2.75) is 75.8 Å². The van der Waals surface area contributed by atoms with E-state index in [0.717, 1.165) is 42.5 Å². The van der Waals surface area contributed by atoms with Gasteiger partial charge in [0.1, 0.15) is 6.04 Å². The number of aliphatic hydroxyl groups excluding tert-OH is 1. The number of nitrogens with zero attached hydrogens (tertiary/aromatic N) is 1. The van der Waals surface area contributed by atoms with Crippen molar-refractivity contribution in [3.05, 3.63) is 29.3 Å². The van der Waals surface area contributed by atoms with Gasteiger partial charge in [0.2, 0.25) is 17.7 Å². The Morgan fingerprint density at radius 2 is 1.97 bits per heavy atom. The number of aliphatic hydroxyl groups is 1. The molecule has 192 valence electrons. The van der Waals surface area contributed by atoms with Crippen molar-refractivity contribution in [3.8, 4) is 0 Å². The number of likely N-dealkylation sites (tertiary alicyclic amines) is 1. The second-order valence-electron chi connectivity index (χ2n) is 10.5. The molecule has 0 aliphatic carbocycles. The molecule has 2 bridgehead atoms. The topological polar surface area (TPSA) is 98.7 Å². The molecule has 3 N–H and O–H groups in total. The Hall–Kier alpha value is -2.06. The number of unbranched alkanes of at least 4 members (excludes halogenated alkanes) is 2. The van der Waals surface area contributed by atoms with Crippen LogP contribution in [0.3, 0.4) is 0 Å². The van der Waals surface area contributed by atoms with Gasteiger partial charge in [-0.2, -0.15) is 0 Å².